The molecule has 0 bridgehead atoms. The number of aromatic nitrogens is 1. The monoisotopic (exact) mass is 307 g/mol. The molecule has 0 saturated carbocycles. The predicted octanol–water partition coefficient (Wildman–Crippen LogP) is 1.92. The smallest absolute Gasteiger partial charge is 0.324 e. The van der Waals surface area contributed by atoms with E-state index in [0.717, 1.165) is 26.2 Å². The maximum Gasteiger partial charge on any atom is 0.324 e. The van der Waals surface area contributed by atoms with Gasteiger partial charge in [-0.2, -0.15) is 0 Å². The number of pyridine rings is 1. The van der Waals surface area contributed by atoms with E-state index in [1.807, 2.05) is 12.1 Å². The van der Waals surface area contributed by atoms with Crippen LogP contribution in [-0.4, -0.2) is 42.2 Å². The number of nitrogens with zero attached hydrogens (tertiary/aromatic N) is 3. The van der Waals surface area contributed by atoms with Crippen LogP contribution in [0, 0.1) is 0 Å². The van der Waals surface area contributed by atoms with Crippen molar-refractivity contribution in [2.24, 2.45) is 0 Å². The van der Waals surface area contributed by atoms with E-state index in [9.17, 15) is 4.79 Å². The molecule has 1 aliphatic heterocycles. The van der Waals surface area contributed by atoms with Crippen molar-refractivity contribution in [1.29, 1.82) is 0 Å². The molecule has 0 atom stereocenters. The predicted molar refractivity (Wildman–Crippen MR) is 78.9 cm³/mol. The average Bonchev–Trinajstić information content (AvgIpc) is 2.40. The summed E-state index contributed by atoms with van der Waals surface area (Å²) in [6, 6.07) is 3.99. The van der Waals surface area contributed by atoms with E-state index in [2.05, 4.69) is 9.88 Å². The maximum atomic E-state index is 11.1. The van der Waals surface area contributed by atoms with E-state index in [0.29, 0.717) is 6.42 Å². The summed E-state index contributed by atoms with van der Waals surface area (Å²) in [5.41, 5.74) is 1.17. The van der Waals surface area contributed by atoms with Gasteiger partial charge >= 0.3 is 5.97 Å². The number of hydrogen-bond donors (Lipinski definition) is 0. The summed E-state index contributed by atoms with van der Waals surface area (Å²) in [6.07, 6.45) is 4.00. The minimum atomic E-state index is -0.164. The highest BCUT2D eigenvalue weighted by atomic mass is 35.5. The van der Waals surface area contributed by atoms with Crippen molar-refractivity contribution < 1.29 is 9.63 Å². The lowest BCUT2D eigenvalue weighted by atomic mass is 10.3. The third-order valence-electron chi connectivity index (χ3n) is 2.79. The van der Waals surface area contributed by atoms with Crippen LogP contribution in [-0.2, 0) is 9.63 Å². The van der Waals surface area contributed by atoms with E-state index >= 15 is 0 Å². The van der Waals surface area contributed by atoms with Crippen LogP contribution in [0.15, 0.2) is 24.5 Å². The minimum Gasteiger partial charge on any atom is -0.369 e. The van der Waals surface area contributed by atoms with Crippen molar-refractivity contribution in [3.8, 4) is 0 Å². The third kappa shape index (κ3) is 5.22. The van der Waals surface area contributed by atoms with Gasteiger partial charge in [0, 0.05) is 37.6 Å². The Morgan fingerprint density at radius 3 is 2.32 bits per heavy atom. The van der Waals surface area contributed by atoms with Gasteiger partial charge in [-0.3, -0.25) is 9.78 Å². The fourth-order valence-corrected chi connectivity index (χ4v) is 1.80. The van der Waals surface area contributed by atoms with E-state index in [4.69, 9.17) is 4.84 Å². The highest BCUT2D eigenvalue weighted by Crippen LogP contribution is 2.14. The van der Waals surface area contributed by atoms with E-state index in [1.54, 1.807) is 24.4 Å². The number of carbonyl (C=O) groups is 1. The first kappa shape index (κ1) is 18.0. The summed E-state index contributed by atoms with van der Waals surface area (Å²) in [4.78, 5) is 22.6. The normalized spacial score (nSPS) is 15.1. The maximum absolute atomic E-state index is 11.1. The van der Waals surface area contributed by atoms with Crippen LogP contribution >= 0.6 is 24.8 Å². The summed E-state index contributed by atoms with van der Waals surface area (Å²) in [7, 11) is 0. The van der Waals surface area contributed by atoms with Crippen molar-refractivity contribution in [3.05, 3.63) is 24.5 Å². The van der Waals surface area contributed by atoms with Gasteiger partial charge < -0.3 is 9.74 Å². The van der Waals surface area contributed by atoms with Gasteiger partial charge in [-0.15, -0.1) is 29.9 Å². The largest absolute Gasteiger partial charge is 0.369 e. The molecule has 0 spiro atoms. The molecule has 0 aromatic carbocycles. The number of halogens is 2. The molecule has 1 aromatic heterocycles. The van der Waals surface area contributed by atoms with Crippen LogP contribution in [0.4, 0.5) is 5.69 Å². The Hall–Kier alpha value is -1.04. The summed E-state index contributed by atoms with van der Waals surface area (Å²) in [6.45, 7) is 5.01. The molecular weight excluding hydrogens is 289 g/mol. The zero-order valence-electron chi connectivity index (χ0n) is 10.8. The second-order valence-corrected chi connectivity index (χ2v) is 3.94. The van der Waals surface area contributed by atoms with Crippen LogP contribution in [0.1, 0.15) is 13.3 Å². The Morgan fingerprint density at radius 1 is 1.21 bits per heavy atom. The lowest BCUT2D eigenvalue weighted by molar-refractivity contribution is -0.191. The van der Waals surface area contributed by atoms with Crippen molar-refractivity contribution in [3.63, 3.8) is 0 Å². The summed E-state index contributed by atoms with van der Waals surface area (Å²) < 4.78 is 0. The number of hydrogen-bond acceptors (Lipinski definition) is 5. The standard InChI is InChI=1S/C12H17N3O2.2ClH/c1-2-12(16)17-15-9-7-14(8-10-15)11-3-5-13-6-4-11;;/h3-6H,2,7-10H2,1H3;2*1H. The van der Waals surface area contributed by atoms with Gasteiger partial charge in [0.15, 0.2) is 0 Å². The second kappa shape index (κ2) is 8.96. The van der Waals surface area contributed by atoms with Crippen molar-refractivity contribution in [1.82, 2.24) is 10.0 Å². The molecule has 1 fully saturated rings. The number of hydroxylamine groups is 2. The molecule has 1 aromatic rings. The molecular formula is C12H19Cl2N3O2. The van der Waals surface area contributed by atoms with Gasteiger partial charge in [0.2, 0.25) is 0 Å². The number of rotatable bonds is 3. The molecule has 2 heterocycles. The molecule has 1 saturated heterocycles. The van der Waals surface area contributed by atoms with E-state index in [-0.39, 0.29) is 30.8 Å². The number of anilines is 1. The minimum absolute atomic E-state index is 0. The first-order chi connectivity index (χ1) is 8.29. The Kier molecular flexibility index (Phi) is 8.47. The summed E-state index contributed by atoms with van der Waals surface area (Å²) in [5, 5.41) is 1.74. The average molecular weight is 308 g/mol. The molecule has 2 rings (SSSR count). The first-order valence-electron chi connectivity index (χ1n) is 5.90. The van der Waals surface area contributed by atoms with Gasteiger partial charge in [-0.05, 0) is 12.1 Å². The Labute approximate surface area is 125 Å². The highest BCUT2D eigenvalue weighted by Gasteiger charge is 2.19. The van der Waals surface area contributed by atoms with Gasteiger partial charge in [0.1, 0.15) is 0 Å². The lowest BCUT2D eigenvalue weighted by Crippen LogP contribution is -2.47. The Balaban J connectivity index is 0.00000162. The van der Waals surface area contributed by atoms with E-state index in [1.165, 1.54) is 5.69 Å². The number of carbonyl (C=O) groups excluding carboxylic acids is 1. The topological polar surface area (TPSA) is 45.7 Å². The van der Waals surface area contributed by atoms with Crippen molar-refractivity contribution >= 4 is 36.5 Å². The zero-order chi connectivity index (χ0) is 12.1. The molecule has 0 unspecified atom stereocenters. The van der Waals surface area contributed by atoms with Crippen LogP contribution in [0.3, 0.4) is 0 Å². The molecule has 0 amide bonds. The van der Waals surface area contributed by atoms with Crippen LogP contribution < -0.4 is 4.90 Å². The van der Waals surface area contributed by atoms with Gasteiger partial charge in [-0.25, -0.2) is 0 Å². The molecule has 19 heavy (non-hydrogen) atoms. The Bertz CT molecular complexity index is 370. The fourth-order valence-electron chi connectivity index (χ4n) is 1.80. The van der Waals surface area contributed by atoms with Crippen LogP contribution in [0.2, 0.25) is 0 Å². The third-order valence-corrected chi connectivity index (χ3v) is 2.79. The van der Waals surface area contributed by atoms with Crippen LogP contribution in [0.25, 0.3) is 0 Å². The van der Waals surface area contributed by atoms with Crippen molar-refractivity contribution in [2.75, 3.05) is 31.1 Å². The van der Waals surface area contributed by atoms with Gasteiger partial charge in [-0.1, -0.05) is 6.92 Å². The molecule has 1 aliphatic rings. The molecule has 0 N–H and O–H groups in total. The fraction of sp³-hybridized carbons (Fsp3) is 0.500. The lowest BCUT2D eigenvalue weighted by Gasteiger charge is -2.34. The van der Waals surface area contributed by atoms with Gasteiger partial charge in [0.05, 0.1) is 13.1 Å². The first-order valence-corrected chi connectivity index (χ1v) is 5.90. The van der Waals surface area contributed by atoms with Crippen molar-refractivity contribution in [2.45, 2.75) is 13.3 Å². The molecule has 0 aliphatic carbocycles. The molecule has 5 nitrogen and oxygen atoms in total. The molecule has 0 radical (unpaired) electrons. The molecule has 7 heteroatoms. The van der Waals surface area contributed by atoms with E-state index < -0.39 is 0 Å². The summed E-state index contributed by atoms with van der Waals surface area (Å²) in [5.74, 6) is -0.164. The van der Waals surface area contributed by atoms with Gasteiger partial charge in [0.25, 0.3) is 0 Å². The second-order valence-electron chi connectivity index (χ2n) is 3.94. The molecule has 108 valence electrons. The Morgan fingerprint density at radius 2 is 1.79 bits per heavy atom. The summed E-state index contributed by atoms with van der Waals surface area (Å²) >= 11 is 0. The quantitative estimate of drug-likeness (QED) is 0.853. The number of piperazine rings is 1. The highest BCUT2D eigenvalue weighted by molar-refractivity contribution is 5.85. The van der Waals surface area contributed by atoms with Crippen LogP contribution in [0.5, 0.6) is 0 Å². The SMILES string of the molecule is CCC(=O)ON1CCN(c2ccncc2)CC1.Cl.Cl. The zero-order valence-corrected chi connectivity index (χ0v) is 12.5.